The lowest BCUT2D eigenvalue weighted by Crippen LogP contribution is -2.51. The molecule has 0 spiro atoms. The molecular weight excluding hydrogens is 344 g/mol. The normalized spacial score (nSPS) is 27.5. The third-order valence-corrected chi connectivity index (χ3v) is 7.37. The van der Waals surface area contributed by atoms with E-state index in [2.05, 4.69) is 43.4 Å². The molecule has 1 saturated heterocycles. The Kier molecular flexibility index (Phi) is 4.76. The smallest absolute Gasteiger partial charge is 0.244 e. The molecule has 2 amide bonds. The Morgan fingerprint density at radius 1 is 1.19 bits per heavy atom. The fourth-order valence-electron chi connectivity index (χ4n) is 4.40. The van der Waals surface area contributed by atoms with Gasteiger partial charge >= 0.3 is 0 Å². The van der Waals surface area contributed by atoms with Gasteiger partial charge in [0.15, 0.2) is 0 Å². The Morgan fingerprint density at radius 2 is 1.96 bits per heavy atom. The van der Waals surface area contributed by atoms with Gasteiger partial charge < -0.3 is 10.2 Å². The Hall–Kier alpha value is -1.49. The van der Waals surface area contributed by atoms with Gasteiger partial charge in [-0.1, -0.05) is 44.5 Å². The molecule has 1 aliphatic heterocycles. The zero-order valence-corrected chi connectivity index (χ0v) is 16.5. The molecule has 1 aromatic rings. The first-order valence-corrected chi connectivity index (χ1v) is 10.9. The van der Waals surface area contributed by atoms with Crippen molar-refractivity contribution in [2.24, 2.45) is 5.92 Å². The van der Waals surface area contributed by atoms with Crippen LogP contribution in [0, 0.1) is 5.92 Å². The molecule has 4 rings (SSSR count). The van der Waals surface area contributed by atoms with E-state index in [9.17, 15) is 9.59 Å². The molecule has 0 bridgehead atoms. The van der Waals surface area contributed by atoms with Crippen LogP contribution in [0.25, 0.3) is 0 Å². The average Bonchev–Trinajstić information content (AvgIpc) is 3.06. The number of nitrogens with one attached hydrogen (secondary N) is 1. The van der Waals surface area contributed by atoms with Crippen molar-refractivity contribution in [3.63, 3.8) is 0 Å². The van der Waals surface area contributed by atoms with Crippen LogP contribution in [0.4, 0.5) is 0 Å². The molecule has 3 aliphatic rings. The summed E-state index contributed by atoms with van der Waals surface area (Å²) >= 11 is 1.69. The topological polar surface area (TPSA) is 49.4 Å². The number of benzene rings is 1. The minimum absolute atomic E-state index is 0.0159. The van der Waals surface area contributed by atoms with Gasteiger partial charge in [0.05, 0.1) is 11.9 Å². The van der Waals surface area contributed by atoms with E-state index in [-0.39, 0.29) is 35.2 Å². The summed E-state index contributed by atoms with van der Waals surface area (Å²) in [5, 5.41) is 3.27. The van der Waals surface area contributed by atoms with Crippen molar-refractivity contribution in [1.82, 2.24) is 10.2 Å². The van der Waals surface area contributed by atoms with E-state index in [4.69, 9.17) is 0 Å². The third-order valence-electron chi connectivity index (χ3n) is 6.36. The molecule has 2 aliphatic carbocycles. The summed E-state index contributed by atoms with van der Waals surface area (Å²) in [4.78, 5) is 27.5. The molecule has 140 valence electrons. The number of rotatable bonds is 3. The van der Waals surface area contributed by atoms with Gasteiger partial charge in [0.25, 0.3) is 0 Å². The Labute approximate surface area is 160 Å². The molecule has 1 aromatic carbocycles. The highest BCUT2D eigenvalue weighted by atomic mass is 32.2. The summed E-state index contributed by atoms with van der Waals surface area (Å²) in [6, 6.07) is 8.20. The maximum atomic E-state index is 13.0. The Bertz CT molecular complexity index is 714. The molecule has 2 atom stereocenters. The standard InChI is InChI=1S/C21H28N2O2S/c1-21(2)11-10-17(15-8-3-4-9-16(15)21)22-19(24)18-12-26-13-23(18)20(25)14-6-5-7-14/h3-4,8-9,14,17-18H,5-7,10-13H2,1-2H3,(H,22,24)/t17-,18+/m0/s1. The molecule has 0 unspecified atom stereocenters. The van der Waals surface area contributed by atoms with E-state index >= 15 is 0 Å². The van der Waals surface area contributed by atoms with Crippen molar-refractivity contribution in [2.75, 3.05) is 11.6 Å². The number of hydrogen-bond donors (Lipinski definition) is 1. The summed E-state index contributed by atoms with van der Waals surface area (Å²) in [6.45, 7) is 4.55. The van der Waals surface area contributed by atoms with Gasteiger partial charge in [-0.2, -0.15) is 0 Å². The molecule has 1 heterocycles. The van der Waals surface area contributed by atoms with Crippen molar-refractivity contribution < 1.29 is 9.59 Å². The van der Waals surface area contributed by atoms with E-state index in [1.807, 2.05) is 4.90 Å². The molecule has 0 aromatic heterocycles. The number of thioether (sulfide) groups is 1. The lowest BCUT2D eigenvalue weighted by molar-refractivity contribution is -0.143. The number of amides is 2. The van der Waals surface area contributed by atoms with E-state index in [1.54, 1.807) is 11.8 Å². The molecule has 2 fully saturated rings. The second-order valence-corrected chi connectivity index (χ2v) is 9.52. The van der Waals surface area contributed by atoms with Crippen molar-refractivity contribution in [1.29, 1.82) is 0 Å². The second-order valence-electron chi connectivity index (χ2n) is 8.52. The molecule has 0 radical (unpaired) electrons. The first kappa shape index (κ1) is 17.9. The van der Waals surface area contributed by atoms with Gasteiger partial charge in [-0.25, -0.2) is 0 Å². The lowest BCUT2D eigenvalue weighted by atomic mass is 9.71. The largest absolute Gasteiger partial charge is 0.347 e. The molecule has 4 nitrogen and oxygen atoms in total. The maximum Gasteiger partial charge on any atom is 0.244 e. The SMILES string of the molecule is CC1(C)CC[C@H](NC(=O)[C@H]2CSCN2C(=O)C2CCC2)c2ccccc21. The number of carbonyl (C=O) groups excluding carboxylic acids is 2. The van der Waals surface area contributed by atoms with Gasteiger partial charge in [0.1, 0.15) is 6.04 Å². The van der Waals surface area contributed by atoms with Crippen molar-refractivity contribution in [2.45, 2.75) is 63.5 Å². The van der Waals surface area contributed by atoms with Crippen LogP contribution in [0.5, 0.6) is 0 Å². The van der Waals surface area contributed by atoms with E-state index in [0.29, 0.717) is 11.6 Å². The van der Waals surface area contributed by atoms with Crippen molar-refractivity contribution >= 4 is 23.6 Å². The quantitative estimate of drug-likeness (QED) is 0.882. The monoisotopic (exact) mass is 372 g/mol. The summed E-state index contributed by atoms with van der Waals surface area (Å²) in [5.41, 5.74) is 2.71. The van der Waals surface area contributed by atoms with Crippen LogP contribution in [-0.2, 0) is 15.0 Å². The zero-order valence-electron chi connectivity index (χ0n) is 15.7. The van der Waals surface area contributed by atoms with Crippen molar-refractivity contribution in [3.05, 3.63) is 35.4 Å². The van der Waals surface area contributed by atoms with Crippen LogP contribution in [0.3, 0.4) is 0 Å². The molecule has 1 saturated carbocycles. The summed E-state index contributed by atoms with van der Waals surface area (Å²) < 4.78 is 0. The summed E-state index contributed by atoms with van der Waals surface area (Å²) in [7, 11) is 0. The molecule has 26 heavy (non-hydrogen) atoms. The predicted molar refractivity (Wildman–Crippen MR) is 105 cm³/mol. The minimum Gasteiger partial charge on any atom is -0.347 e. The van der Waals surface area contributed by atoms with E-state index in [1.165, 1.54) is 11.1 Å². The second kappa shape index (κ2) is 6.91. The van der Waals surface area contributed by atoms with Gasteiger partial charge in [-0.3, -0.25) is 9.59 Å². The first-order valence-electron chi connectivity index (χ1n) is 9.75. The summed E-state index contributed by atoms with van der Waals surface area (Å²) in [5.74, 6) is 1.72. The van der Waals surface area contributed by atoms with Gasteiger partial charge in [0.2, 0.25) is 11.8 Å². The van der Waals surface area contributed by atoms with Gasteiger partial charge in [-0.05, 0) is 42.2 Å². The highest BCUT2D eigenvalue weighted by Crippen LogP contribution is 2.41. The van der Waals surface area contributed by atoms with Crippen LogP contribution in [-0.4, -0.2) is 34.4 Å². The fourth-order valence-corrected chi connectivity index (χ4v) is 5.56. The molecule has 1 N–H and O–H groups in total. The predicted octanol–water partition coefficient (Wildman–Crippen LogP) is 3.62. The fraction of sp³-hybridized carbons (Fsp3) is 0.619. The first-order chi connectivity index (χ1) is 12.5. The van der Waals surface area contributed by atoms with Crippen LogP contribution < -0.4 is 5.32 Å². The Morgan fingerprint density at radius 3 is 2.69 bits per heavy atom. The van der Waals surface area contributed by atoms with Gasteiger partial charge in [-0.15, -0.1) is 11.8 Å². The van der Waals surface area contributed by atoms with Crippen molar-refractivity contribution in [3.8, 4) is 0 Å². The molecule has 5 heteroatoms. The Balaban J connectivity index is 1.48. The average molecular weight is 373 g/mol. The summed E-state index contributed by atoms with van der Waals surface area (Å²) in [6.07, 6.45) is 5.12. The third kappa shape index (κ3) is 3.15. The minimum atomic E-state index is -0.310. The van der Waals surface area contributed by atoms with E-state index < -0.39 is 0 Å². The lowest BCUT2D eigenvalue weighted by Gasteiger charge is -2.38. The zero-order chi connectivity index (χ0) is 18.3. The maximum absolute atomic E-state index is 13.0. The van der Waals surface area contributed by atoms with E-state index in [0.717, 1.165) is 32.1 Å². The van der Waals surface area contributed by atoms with Crippen LogP contribution in [0.15, 0.2) is 24.3 Å². The van der Waals surface area contributed by atoms with Gasteiger partial charge in [0, 0.05) is 11.7 Å². The molecular formula is C21H28N2O2S. The highest BCUT2D eigenvalue weighted by Gasteiger charge is 2.40. The number of hydrogen-bond acceptors (Lipinski definition) is 3. The van der Waals surface area contributed by atoms with Crippen LogP contribution in [0.1, 0.15) is 63.1 Å². The van der Waals surface area contributed by atoms with Crippen LogP contribution in [0.2, 0.25) is 0 Å². The highest BCUT2D eigenvalue weighted by molar-refractivity contribution is 7.99. The number of carbonyl (C=O) groups is 2. The number of fused-ring (bicyclic) bond motifs is 1. The van der Waals surface area contributed by atoms with Crippen LogP contribution >= 0.6 is 11.8 Å². The number of nitrogens with zero attached hydrogens (tertiary/aromatic N) is 1.